The van der Waals surface area contributed by atoms with Crippen molar-refractivity contribution in [3.63, 3.8) is 0 Å². The average Bonchev–Trinajstić information content (AvgIpc) is 2.27. The second-order valence-corrected chi connectivity index (χ2v) is 2.74. The molecule has 0 radical (unpaired) electrons. The molecule has 0 spiro atoms. The zero-order valence-corrected chi connectivity index (χ0v) is 8.21. The molecule has 0 unspecified atom stereocenters. The Hall–Kier alpha value is -2.02. The molecule has 0 heterocycles. The van der Waals surface area contributed by atoms with E-state index in [1.165, 1.54) is 25.3 Å². The third-order valence-electron chi connectivity index (χ3n) is 1.77. The summed E-state index contributed by atoms with van der Waals surface area (Å²) in [6.45, 7) is 0.196. The second kappa shape index (κ2) is 5.01. The summed E-state index contributed by atoms with van der Waals surface area (Å²) in [5.41, 5.74) is 0.467. The number of anilines is 1. The Morgan fingerprint density at radius 2 is 2.40 bits per heavy atom. The summed E-state index contributed by atoms with van der Waals surface area (Å²) in [7, 11) is 1.26. The van der Waals surface area contributed by atoms with Gasteiger partial charge < -0.3 is 10.1 Å². The molecule has 3 nitrogen and oxygen atoms in total. The van der Waals surface area contributed by atoms with Crippen LogP contribution in [0.3, 0.4) is 0 Å². The minimum absolute atomic E-state index is 0.191. The molecule has 1 aromatic carbocycles. The lowest BCUT2D eigenvalue weighted by molar-refractivity contribution is 0.0601. The van der Waals surface area contributed by atoms with Crippen LogP contribution in [0.5, 0.6) is 0 Å². The molecule has 0 bridgehead atoms. The lowest BCUT2D eigenvalue weighted by atomic mass is 10.2. The van der Waals surface area contributed by atoms with Crippen LogP contribution in [0.15, 0.2) is 18.2 Å². The normalized spacial score (nSPS) is 9.13. The van der Waals surface area contributed by atoms with E-state index in [1.807, 2.05) is 0 Å². The molecular formula is C11H10FNO2. The predicted octanol–water partition coefficient (Wildman–Crippen LogP) is 1.66. The van der Waals surface area contributed by atoms with Crippen LogP contribution in [-0.2, 0) is 4.74 Å². The average molecular weight is 207 g/mol. The molecule has 0 amide bonds. The van der Waals surface area contributed by atoms with Crippen LogP contribution in [-0.4, -0.2) is 19.6 Å². The monoisotopic (exact) mass is 207 g/mol. The lowest BCUT2D eigenvalue weighted by Crippen LogP contribution is -2.05. The number of esters is 1. The predicted molar refractivity (Wildman–Crippen MR) is 55.1 cm³/mol. The Morgan fingerprint density at radius 3 is 3.00 bits per heavy atom. The topological polar surface area (TPSA) is 38.3 Å². The van der Waals surface area contributed by atoms with Gasteiger partial charge in [-0.1, -0.05) is 5.92 Å². The number of hydrogen-bond donors (Lipinski definition) is 1. The van der Waals surface area contributed by atoms with Crippen molar-refractivity contribution in [1.82, 2.24) is 0 Å². The maximum atomic E-state index is 13.2. The highest BCUT2D eigenvalue weighted by Gasteiger charge is 2.08. The second-order valence-electron chi connectivity index (χ2n) is 2.74. The lowest BCUT2D eigenvalue weighted by Gasteiger charge is -2.06. The summed E-state index contributed by atoms with van der Waals surface area (Å²) < 4.78 is 17.7. The first-order valence-electron chi connectivity index (χ1n) is 4.24. The Labute approximate surface area is 87.2 Å². The number of halogens is 1. The Morgan fingerprint density at radius 1 is 1.67 bits per heavy atom. The van der Waals surface area contributed by atoms with E-state index in [4.69, 9.17) is 6.42 Å². The first-order chi connectivity index (χ1) is 7.19. The van der Waals surface area contributed by atoms with E-state index in [9.17, 15) is 9.18 Å². The highest BCUT2D eigenvalue weighted by atomic mass is 19.1. The molecule has 0 aliphatic heterocycles. The third kappa shape index (κ3) is 2.71. The number of methoxy groups -OCH3 is 1. The SMILES string of the molecule is C#CCNc1cc(C(=O)OC)ccc1F. The molecule has 0 aromatic heterocycles. The molecule has 4 heteroatoms. The van der Waals surface area contributed by atoms with E-state index in [-0.39, 0.29) is 17.8 Å². The van der Waals surface area contributed by atoms with Gasteiger partial charge in [-0.3, -0.25) is 0 Å². The molecule has 0 aliphatic carbocycles. The molecule has 15 heavy (non-hydrogen) atoms. The van der Waals surface area contributed by atoms with Gasteiger partial charge in [0.2, 0.25) is 0 Å². The van der Waals surface area contributed by atoms with Crippen molar-refractivity contribution in [2.45, 2.75) is 0 Å². The number of hydrogen-bond acceptors (Lipinski definition) is 3. The highest BCUT2D eigenvalue weighted by molar-refractivity contribution is 5.90. The largest absolute Gasteiger partial charge is 0.465 e. The Bertz CT molecular complexity index is 410. The van der Waals surface area contributed by atoms with Gasteiger partial charge in [-0.25, -0.2) is 9.18 Å². The fourth-order valence-corrected chi connectivity index (χ4v) is 1.05. The van der Waals surface area contributed by atoms with E-state index < -0.39 is 11.8 Å². The standard InChI is InChI=1S/C11H10FNO2/c1-3-6-13-10-7-8(11(14)15-2)4-5-9(10)12/h1,4-5,7,13H,6H2,2H3. The molecule has 1 N–H and O–H groups in total. The number of nitrogens with one attached hydrogen (secondary N) is 1. The number of rotatable bonds is 3. The molecule has 1 rings (SSSR count). The fraction of sp³-hybridized carbons (Fsp3) is 0.182. The summed E-state index contributed by atoms with van der Waals surface area (Å²) in [6, 6.07) is 3.89. The van der Waals surface area contributed by atoms with Crippen LogP contribution < -0.4 is 5.32 Å². The van der Waals surface area contributed by atoms with E-state index in [1.54, 1.807) is 0 Å². The van der Waals surface area contributed by atoms with Crippen LogP contribution in [0.2, 0.25) is 0 Å². The number of ether oxygens (including phenoxy) is 1. The first kappa shape index (κ1) is 11.1. The highest BCUT2D eigenvalue weighted by Crippen LogP contribution is 2.16. The van der Waals surface area contributed by atoms with Gasteiger partial charge in [0.05, 0.1) is 24.9 Å². The first-order valence-corrected chi connectivity index (χ1v) is 4.24. The van der Waals surface area contributed by atoms with Gasteiger partial charge in [-0.2, -0.15) is 0 Å². The summed E-state index contributed by atoms with van der Waals surface area (Å²) in [4.78, 5) is 11.1. The molecular weight excluding hydrogens is 197 g/mol. The van der Waals surface area contributed by atoms with Gasteiger partial charge in [0.25, 0.3) is 0 Å². The van der Waals surface area contributed by atoms with Crippen molar-refractivity contribution in [3.05, 3.63) is 29.6 Å². The minimum atomic E-state index is -0.515. The number of benzene rings is 1. The van der Waals surface area contributed by atoms with Crippen molar-refractivity contribution in [2.24, 2.45) is 0 Å². The Kier molecular flexibility index (Phi) is 3.69. The molecule has 0 saturated carbocycles. The van der Waals surface area contributed by atoms with Crippen molar-refractivity contribution < 1.29 is 13.9 Å². The number of terminal acetylenes is 1. The zero-order chi connectivity index (χ0) is 11.3. The van der Waals surface area contributed by atoms with Gasteiger partial charge >= 0.3 is 5.97 Å². The van der Waals surface area contributed by atoms with Crippen LogP contribution in [0, 0.1) is 18.2 Å². The minimum Gasteiger partial charge on any atom is -0.465 e. The quantitative estimate of drug-likeness (QED) is 0.605. The molecule has 1 aromatic rings. The van der Waals surface area contributed by atoms with Gasteiger partial charge in [0.15, 0.2) is 0 Å². The maximum absolute atomic E-state index is 13.2. The van der Waals surface area contributed by atoms with Crippen LogP contribution in [0.1, 0.15) is 10.4 Å². The molecule has 0 aliphatic rings. The van der Waals surface area contributed by atoms with Gasteiger partial charge in [-0.15, -0.1) is 6.42 Å². The van der Waals surface area contributed by atoms with Gasteiger partial charge in [0.1, 0.15) is 5.82 Å². The van der Waals surface area contributed by atoms with E-state index in [2.05, 4.69) is 16.0 Å². The fourth-order valence-electron chi connectivity index (χ4n) is 1.05. The summed E-state index contributed by atoms with van der Waals surface area (Å²) in [6.07, 6.45) is 5.02. The van der Waals surface area contributed by atoms with Crippen LogP contribution in [0.25, 0.3) is 0 Å². The zero-order valence-electron chi connectivity index (χ0n) is 8.21. The smallest absolute Gasteiger partial charge is 0.337 e. The molecule has 78 valence electrons. The van der Waals surface area contributed by atoms with Gasteiger partial charge in [-0.05, 0) is 18.2 Å². The van der Waals surface area contributed by atoms with Crippen LogP contribution >= 0.6 is 0 Å². The third-order valence-corrected chi connectivity index (χ3v) is 1.77. The molecule has 0 saturated heterocycles. The molecule has 0 atom stereocenters. The van der Waals surface area contributed by atoms with E-state index in [0.717, 1.165) is 0 Å². The van der Waals surface area contributed by atoms with Gasteiger partial charge in [0, 0.05) is 0 Å². The summed E-state index contributed by atoms with van der Waals surface area (Å²) in [5, 5.41) is 2.66. The maximum Gasteiger partial charge on any atom is 0.337 e. The van der Waals surface area contributed by atoms with Crippen molar-refractivity contribution in [1.29, 1.82) is 0 Å². The van der Waals surface area contributed by atoms with Crippen molar-refractivity contribution in [3.8, 4) is 12.3 Å². The van der Waals surface area contributed by atoms with Crippen molar-refractivity contribution in [2.75, 3.05) is 19.0 Å². The molecule has 0 fully saturated rings. The Balaban J connectivity index is 2.95. The van der Waals surface area contributed by atoms with E-state index in [0.29, 0.717) is 0 Å². The summed E-state index contributed by atoms with van der Waals surface area (Å²) >= 11 is 0. The van der Waals surface area contributed by atoms with E-state index >= 15 is 0 Å². The van der Waals surface area contributed by atoms with Crippen molar-refractivity contribution >= 4 is 11.7 Å². The van der Waals surface area contributed by atoms with Crippen LogP contribution in [0.4, 0.5) is 10.1 Å². The number of carbonyl (C=O) groups excluding carboxylic acids is 1. The number of carbonyl (C=O) groups is 1. The summed E-state index contributed by atoms with van der Waals surface area (Å²) in [5.74, 6) is 1.34.